The number of hydrogen-bond acceptors (Lipinski definition) is 1. The monoisotopic (exact) mass is 314 g/mol. The number of thiophene rings is 1. The minimum atomic E-state index is 0.416. The molecular formula is C15H23BrS. The summed E-state index contributed by atoms with van der Waals surface area (Å²) in [5, 5.41) is 2.19. The van der Waals surface area contributed by atoms with Gasteiger partial charge in [-0.2, -0.15) is 0 Å². The third kappa shape index (κ3) is 3.35. The van der Waals surface area contributed by atoms with E-state index in [-0.39, 0.29) is 0 Å². The molecule has 2 rings (SSSR count). The van der Waals surface area contributed by atoms with Gasteiger partial charge < -0.3 is 0 Å². The highest BCUT2D eigenvalue weighted by Crippen LogP contribution is 2.45. The lowest BCUT2D eigenvalue weighted by molar-refractivity contribution is 0.148. The van der Waals surface area contributed by atoms with E-state index in [9.17, 15) is 0 Å². The fourth-order valence-electron chi connectivity index (χ4n) is 3.19. The van der Waals surface area contributed by atoms with Gasteiger partial charge in [-0.3, -0.25) is 0 Å². The molecule has 1 saturated carbocycles. The highest BCUT2D eigenvalue weighted by molar-refractivity contribution is 9.09. The Hall–Kier alpha value is 0.180. The maximum atomic E-state index is 3.94. The molecule has 1 aromatic heterocycles. The van der Waals surface area contributed by atoms with Crippen LogP contribution in [-0.2, 0) is 6.42 Å². The first-order valence-electron chi connectivity index (χ1n) is 6.65. The molecule has 2 heteroatoms. The number of rotatable bonds is 3. The van der Waals surface area contributed by atoms with Crippen molar-refractivity contribution in [2.24, 2.45) is 17.3 Å². The van der Waals surface area contributed by atoms with E-state index in [0.29, 0.717) is 10.2 Å². The number of halogens is 1. The van der Waals surface area contributed by atoms with Gasteiger partial charge in [0.25, 0.3) is 0 Å². The largest absolute Gasteiger partial charge is 0.149 e. The molecule has 0 N–H and O–H groups in total. The van der Waals surface area contributed by atoms with Crippen molar-refractivity contribution in [3.8, 4) is 0 Å². The third-order valence-electron chi connectivity index (χ3n) is 4.25. The van der Waals surface area contributed by atoms with Gasteiger partial charge in [-0.25, -0.2) is 0 Å². The standard InChI is InChI=1S/C15H23BrS/c1-11-6-7-13(14(16)9-11)15(2,3)10-12-5-4-8-17-12/h4-5,8,11,13-14H,6-7,9-10H2,1-3H3. The minimum absolute atomic E-state index is 0.416. The summed E-state index contributed by atoms with van der Waals surface area (Å²) in [5.41, 5.74) is 0.416. The summed E-state index contributed by atoms with van der Waals surface area (Å²) in [5.74, 6) is 1.72. The van der Waals surface area contributed by atoms with E-state index in [0.717, 1.165) is 11.8 Å². The molecule has 0 nitrogen and oxygen atoms in total. The van der Waals surface area contributed by atoms with Crippen LogP contribution in [0.15, 0.2) is 17.5 Å². The van der Waals surface area contributed by atoms with Gasteiger partial charge in [-0.1, -0.05) is 49.2 Å². The van der Waals surface area contributed by atoms with Crippen molar-refractivity contribution in [3.63, 3.8) is 0 Å². The summed E-state index contributed by atoms with van der Waals surface area (Å²) in [4.78, 5) is 2.24. The molecule has 0 saturated heterocycles. The van der Waals surface area contributed by atoms with E-state index in [4.69, 9.17) is 0 Å². The normalized spacial score (nSPS) is 30.5. The van der Waals surface area contributed by atoms with Gasteiger partial charge in [0.1, 0.15) is 0 Å². The van der Waals surface area contributed by atoms with Crippen molar-refractivity contribution >= 4 is 27.3 Å². The maximum Gasteiger partial charge on any atom is 0.0181 e. The van der Waals surface area contributed by atoms with Gasteiger partial charge in [0, 0.05) is 9.70 Å². The van der Waals surface area contributed by atoms with Crippen molar-refractivity contribution in [3.05, 3.63) is 22.4 Å². The van der Waals surface area contributed by atoms with E-state index in [1.165, 1.54) is 30.6 Å². The average molecular weight is 315 g/mol. The van der Waals surface area contributed by atoms with Crippen LogP contribution in [0.2, 0.25) is 0 Å². The summed E-state index contributed by atoms with van der Waals surface area (Å²) < 4.78 is 0. The third-order valence-corrected chi connectivity index (χ3v) is 6.14. The molecule has 1 aliphatic rings. The molecular weight excluding hydrogens is 292 g/mol. The van der Waals surface area contributed by atoms with Crippen LogP contribution in [0, 0.1) is 17.3 Å². The van der Waals surface area contributed by atoms with Crippen LogP contribution < -0.4 is 0 Å². The lowest BCUT2D eigenvalue weighted by Gasteiger charge is -2.42. The molecule has 3 unspecified atom stereocenters. The summed E-state index contributed by atoms with van der Waals surface area (Å²) >= 11 is 5.84. The Balaban J connectivity index is 2.04. The number of alkyl halides is 1. The first kappa shape index (κ1) is 13.6. The Morgan fingerprint density at radius 2 is 2.18 bits per heavy atom. The van der Waals surface area contributed by atoms with Crippen LogP contribution in [0.3, 0.4) is 0 Å². The Morgan fingerprint density at radius 1 is 1.41 bits per heavy atom. The maximum absolute atomic E-state index is 3.94. The smallest absolute Gasteiger partial charge is 0.0181 e. The lowest BCUT2D eigenvalue weighted by Crippen LogP contribution is -2.36. The van der Waals surface area contributed by atoms with Crippen LogP contribution in [0.1, 0.15) is 44.9 Å². The minimum Gasteiger partial charge on any atom is -0.149 e. The highest BCUT2D eigenvalue weighted by Gasteiger charge is 2.37. The van der Waals surface area contributed by atoms with Gasteiger partial charge in [-0.05, 0) is 48.0 Å². The predicted octanol–water partition coefficient (Wildman–Crippen LogP) is 5.52. The van der Waals surface area contributed by atoms with Crippen molar-refractivity contribution in [2.75, 3.05) is 0 Å². The van der Waals surface area contributed by atoms with E-state index >= 15 is 0 Å². The second-order valence-corrected chi connectivity index (χ2v) is 8.49. The molecule has 1 aromatic rings. The van der Waals surface area contributed by atoms with Crippen molar-refractivity contribution in [2.45, 2.75) is 51.3 Å². The van der Waals surface area contributed by atoms with Crippen LogP contribution >= 0.6 is 27.3 Å². The van der Waals surface area contributed by atoms with Crippen LogP contribution in [0.25, 0.3) is 0 Å². The first-order chi connectivity index (χ1) is 7.99. The second kappa shape index (κ2) is 5.44. The molecule has 0 aromatic carbocycles. The zero-order valence-electron chi connectivity index (χ0n) is 11.1. The zero-order valence-corrected chi connectivity index (χ0v) is 13.5. The molecule has 0 amide bonds. The molecule has 1 fully saturated rings. The SMILES string of the molecule is CC1CCC(C(C)(C)Cc2cccs2)C(Br)C1. The molecule has 0 spiro atoms. The van der Waals surface area contributed by atoms with Gasteiger partial charge in [0.05, 0.1) is 0 Å². The van der Waals surface area contributed by atoms with E-state index in [1.807, 2.05) is 11.3 Å². The summed E-state index contributed by atoms with van der Waals surface area (Å²) in [7, 11) is 0. The fraction of sp³-hybridized carbons (Fsp3) is 0.733. The average Bonchev–Trinajstić information content (AvgIpc) is 2.68. The molecule has 0 bridgehead atoms. The first-order valence-corrected chi connectivity index (χ1v) is 8.45. The Bertz CT molecular complexity index is 342. The molecule has 17 heavy (non-hydrogen) atoms. The molecule has 0 aliphatic heterocycles. The topological polar surface area (TPSA) is 0 Å². The van der Waals surface area contributed by atoms with Gasteiger partial charge in [0.15, 0.2) is 0 Å². The van der Waals surface area contributed by atoms with Crippen LogP contribution in [0.4, 0.5) is 0 Å². The zero-order chi connectivity index (χ0) is 12.5. The van der Waals surface area contributed by atoms with Crippen LogP contribution in [-0.4, -0.2) is 4.83 Å². The molecule has 1 heterocycles. The summed E-state index contributed by atoms with van der Waals surface area (Å²) in [6, 6.07) is 4.45. The predicted molar refractivity (Wildman–Crippen MR) is 81.0 cm³/mol. The second-order valence-electron chi connectivity index (χ2n) is 6.29. The molecule has 0 radical (unpaired) electrons. The Kier molecular flexibility index (Phi) is 4.35. The molecule has 96 valence electrons. The van der Waals surface area contributed by atoms with Crippen molar-refractivity contribution in [1.29, 1.82) is 0 Å². The fourth-order valence-corrected chi connectivity index (χ4v) is 5.75. The lowest BCUT2D eigenvalue weighted by atomic mass is 9.67. The van der Waals surface area contributed by atoms with Crippen LogP contribution in [0.5, 0.6) is 0 Å². The van der Waals surface area contributed by atoms with Gasteiger partial charge in [-0.15, -0.1) is 11.3 Å². The number of hydrogen-bond donors (Lipinski definition) is 0. The van der Waals surface area contributed by atoms with E-state index < -0.39 is 0 Å². The summed E-state index contributed by atoms with van der Waals surface area (Å²) in [6.07, 6.45) is 5.36. The highest BCUT2D eigenvalue weighted by atomic mass is 79.9. The summed E-state index contributed by atoms with van der Waals surface area (Å²) in [6.45, 7) is 7.28. The Morgan fingerprint density at radius 3 is 2.76 bits per heavy atom. The van der Waals surface area contributed by atoms with Crippen molar-refractivity contribution < 1.29 is 0 Å². The molecule has 3 atom stereocenters. The molecule has 1 aliphatic carbocycles. The van der Waals surface area contributed by atoms with Gasteiger partial charge in [0.2, 0.25) is 0 Å². The van der Waals surface area contributed by atoms with E-state index in [1.54, 1.807) is 0 Å². The van der Waals surface area contributed by atoms with Crippen molar-refractivity contribution in [1.82, 2.24) is 0 Å². The van der Waals surface area contributed by atoms with Gasteiger partial charge >= 0.3 is 0 Å². The quantitative estimate of drug-likeness (QED) is 0.645. The van der Waals surface area contributed by atoms with E-state index in [2.05, 4.69) is 54.2 Å². The Labute approximate surface area is 118 Å².